The molecule has 2 aliphatic rings. The fourth-order valence-electron chi connectivity index (χ4n) is 4.95. The summed E-state index contributed by atoms with van der Waals surface area (Å²) in [5, 5.41) is 3.04. The molecule has 4 atom stereocenters. The van der Waals surface area contributed by atoms with Crippen molar-refractivity contribution in [1.29, 1.82) is 0 Å². The summed E-state index contributed by atoms with van der Waals surface area (Å²) in [7, 11) is 0. The Labute approximate surface area is 185 Å². The first-order valence-corrected chi connectivity index (χ1v) is 10.2. The molecular weight excluding hydrogens is 407 g/mol. The number of carbonyl (C=O) groups excluding carboxylic acids is 1. The molecule has 160 valence electrons. The van der Waals surface area contributed by atoms with Crippen LogP contribution in [0.3, 0.4) is 0 Å². The smallest absolute Gasteiger partial charge is 0.237 e. The molecule has 0 radical (unpaired) electrons. The number of hydrogen-bond acceptors (Lipinski definition) is 3. The van der Waals surface area contributed by atoms with Crippen molar-refractivity contribution in [3.05, 3.63) is 54.1 Å². The number of rotatable bonds is 8. The molecule has 3 N–H and O–H groups in total. The molecule has 3 unspecified atom stereocenters. The maximum Gasteiger partial charge on any atom is 0.237 e. The lowest BCUT2D eigenvalue weighted by Crippen LogP contribution is -2.42. The summed E-state index contributed by atoms with van der Waals surface area (Å²) in [6.07, 6.45) is 11.0. The van der Waals surface area contributed by atoms with Crippen LogP contribution in [0.2, 0.25) is 0 Å². The molecule has 0 saturated heterocycles. The van der Waals surface area contributed by atoms with Crippen LogP contribution in [0.4, 0.5) is 0 Å². The summed E-state index contributed by atoms with van der Waals surface area (Å²) in [5.41, 5.74) is 8.19. The molecule has 29 heavy (non-hydrogen) atoms. The van der Waals surface area contributed by atoms with E-state index in [0.717, 1.165) is 43.0 Å². The van der Waals surface area contributed by atoms with Crippen LogP contribution in [0.5, 0.6) is 0 Å². The number of fused-ring (bicyclic) bond motifs is 2. The Bertz CT molecular complexity index is 767. The maximum absolute atomic E-state index is 12.3. The molecule has 0 spiro atoms. The number of nitrogens with one attached hydrogen (secondary N) is 1. The highest BCUT2D eigenvalue weighted by atomic mass is 35.5. The SMILES string of the molecule is Cl.Cl.N[C@@H](Cc1cn(Cc2ccccc2)cn1)C(=O)NCCC1CC2CCC1C2. The first-order chi connectivity index (χ1) is 13.2. The summed E-state index contributed by atoms with van der Waals surface area (Å²) in [6.45, 7) is 1.53. The molecule has 1 heterocycles. The fourth-order valence-corrected chi connectivity index (χ4v) is 4.95. The van der Waals surface area contributed by atoms with E-state index in [1.807, 2.05) is 35.3 Å². The lowest BCUT2D eigenvalue weighted by molar-refractivity contribution is -0.122. The molecule has 2 fully saturated rings. The molecule has 7 heteroatoms. The first-order valence-electron chi connectivity index (χ1n) is 10.2. The van der Waals surface area contributed by atoms with Crippen LogP contribution >= 0.6 is 24.8 Å². The summed E-state index contributed by atoms with van der Waals surface area (Å²) < 4.78 is 2.03. The number of imidazole rings is 1. The van der Waals surface area contributed by atoms with Crippen molar-refractivity contribution in [1.82, 2.24) is 14.9 Å². The minimum atomic E-state index is -0.537. The number of hydrogen-bond donors (Lipinski definition) is 2. The van der Waals surface area contributed by atoms with Crippen molar-refractivity contribution >= 4 is 30.7 Å². The second kappa shape index (κ2) is 11.0. The molecule has 5 nitrogen and oxygen atoms in total. The van der Waals surface area contributed by atoms with Crippen molar-refractivity contribution in [2.45, 2.75) is 51.1 Å². The van der Waals surface area contributed by atoms with Gasteiger partial charge in [-0.1, -0.05) is 36.8 Å². The number of benzene rings is 1. The highest BCUT2D eigenvalue weighted by Gasteiger charge is 2.38. The second-order valence-corrected chi connectivity index (χ2v) is 8.35. The van der Waals surface area contributed by atoms with Crippen LogP contribution in [0.1, 0.15) is 43.4 Å². The minimum Gasteiger partial charge on any atom is -0.355 e. The van der Waals surface area contributed by atoms with Gasteiger partial charge in [0, 0.05) is 25.7 Å². The van der Waals surface area contributed by atoms with Gasteiger partial charge >= 0.3 is 0 Å². The van der Waals surface area contributed by atoms with Gasteiger partial charge in [-0.2, -0.15) is 0 Å². The topological polar surface area (TPSA) is 72.9 Å². The number of halogens is 2. The molecule has 2 aromatic rings. The number of aromatic nitrogens is 2. The van der Waals surface area contributed by atoms with Crippen molar-refractivity contribution in [2.75, 3.05) is 6.54 Å². The minimum absolute atomic E-state index is 0. The molecule has 4 rings (SSSR count). The van der Waals surface area contributed by atoms with Gasteiger partial charge in [0.2, 0.25) is 5.91 Å². The summed E-state index contributed by atoms with van der Waals surface area (Å²) >= 11 is 0. The Balaban J connectivity index is 0.00000150. The van der Waals surface area contributed by atoms with Crippen LogP contribution in [0.15, 0.2) is 42.9 Å². The average Bonchev–Trinajstić information content (AvgIpc) is 3.40. The second-order valence-electron chi connectivity index (χ2n) is 8.35. The van der Waals surface area contributed by atoms with E-state index >= 15 is 0 Å². The Morgan fingerprint density at radius 1 is 1.21 bits per heavy atom. The van der Waals surface area contributed by atoms with Gasteiger partial charge in [-0.3, -0.25) is 4.79 Å². The maximum atomic E-state index is 12.3. The monoisotopic (exact) mass is 438 g/mol. The van der Waals surface area contributed by atoms with Crippen molar-refractivity contribution in [3.8, 4) is 0 Å². The van der Waals surface area contributed by atoms with Gasteiger partial charge in [-0.15, -0.1) is 24.8 Å². The van der Waals surface area contributed by atoms with Crippen LogP contribution in [0, 0.1) is 17.8 Å². The zero-order valence-electron chi connectivity index (χ0n) is 16.7. The third-order valence-corrected chi connectivity index (χ3v) is 6.36. The number of carbonyl (C=O) groups is 1. The number of amides is 1. The van der Waals surface area contributed by atoms with Crippen molar-refractivity contribution in [2.24, 2.45) is 23.5 Å². The Hall–Kier alpha value is -1.56. The Kier molecular flexibility index (Phi) is 9.00. The molecule has 1 aromatic heterocycles. The largest absolute Gasteiger partial charge is 0.355 e. The van der Waals surface area contributed by atoms with E-state index in [-0.39, 0.29) is 30.7 Å². The Morgan fingerprint density at radius 2 is 2.00 bits per heavy atom. The molecule has 2 saturated carbocycles. The molecule has 2 bridgehead atoms. The van der Waals surface area contributed by atoms with Gasteiger partial charge < -0.3 is 15.6 Å². The normalized spacial score (nSPS) is 23.1. The molecular formula is C22H32Cl2N4O. The van der Waals surface area contributed by atoms with Gasteiger partial charge in [0.05, 0.1) is 18.1 Å². The molecule has 0 aliphatic heterocycles. The van der Waals surface area contributed by atoms with Crippen molar-refractivity contribution in [3.63, 3.8) is 0 Å². The Morgan fingerprint density at radius 3 is 2.69 bits per heavy atom. The van der Waals surface area contributed by atoms with Gasteiger partial charge in [-0.05, 0) is 49.0 Å². The molecule has 1 aromatic carbocycles. The van der Waals surface area contributed by atoms with E-state index in [4.69, 9.17) is 5.73 Å². The van der Waals surface area contributed by atoms with Crippen LogP contribution in [-0.4, -0.2) is 28.0 Å². The van der Waals surface area contributed by atoms with Gasteiger partial charge in [0.15, 0.2) is 0 Å². The predicted molar refractivity (Wildman–Crippen MR) is 121 cm³/mol. The third kappa shape index (κ3) is 6.21. The van der Waals surface area contributed by atoms with Crippen LogP contribution < -0.4 is 11.1 Å². The molecule has 2 aliphatic carbocycles. The average molecular weight is 439 g/mol. The van der Waals surface area contributed by atoms with Gasteiger partial charge in [0.25, 0.3) is 0 Å². The lowest BCUT2D eigenvalue weighted by Gasteiger charge is -2.21. The highest BCUT2D eigenvalue weighted by Crippen LogP contribution is 2.49. The van der Waals surface area contributed by atoms with Gasteiger partial charge in [-0.25, -0.2) is 4.98 Å². The standard InChI is InChI=1S/C22H30N4O.2ClH/c23-21(22(27)24-9-8-19-11-17-6-7-18(19)10-17)12-20-14-26(15-25-20)13-16-4-2-1-3-5-16;;/h1-5,14-15,17-19,21H,6-13,23H2,(H,24,27);2*1H/t17?,18?,19?,21-;;/m0../s1. The van der Waals surface area contributed by atoms with Gasteiger partial charge in [0.1, 0.15) is 0 Å². The number of nitrogens with two attached hydrogens (primary N) is 1. The fraction of sp³-hybridized carbons (Fsp3) is 0.545. The summed E-state index contributed by atoms with van der Waals surface area (Å²) in [4.78, 5) is 16.7. The van der Waals surface area contributed by atoms with Crippen LogP contribution in [0.25, 0.3) is 0 Å². The van der Waals surface area contributed by atoms with E-state index < -0.39 is 6.04 Å². The van der Waals surface area contributed by atoms with E-state index in [1.165, 1.54) is 31.2 Å². The summed E-state index contributed by atoms with van der Waals surface area (Å²) in [6, 6.07) is 9.72. The molecule has 1 amide bonds. The lowest BCUT2D eigenvalue weighted by atomic mass is 9.86. The van der Waals surface area contributed by atoms with E-state index in [1.54, 1.807) is 0 Å². The summed E-state index contributed by atoms with van der Waals surface area (Å²) in [5.74, 6) is 2.63. The third-order valence-electron chi connectivity index (χ3n) is 6.36. The first kappa shape index (κ1) is 23.7. The highest BCUT2D eigenvalue weighted by molar-refractivity contribution is 5.85. The zero-order valence-corrected chi connectivity index (χ0v) is 18.3. The zero-order chi connectivity index (χ0) is 18.6. The van der Waals surface area contributed by atoms with E-state index in [2.05, 4.69) is 22.4 Å². The quantitative estimate of drug-likeness (QED) is 0.660. The number of nitrogens with zero attached hydrogens (tertiary/aromatic N) is 2. The van der Waals surface area contributed by atoms with E-state index in [9.17, 15) is 4.79 Å². The predicted octanol–water partition coefficient (Wildman–Crippen LogP) is 3.59. The van der Waals surface area contributed by atoms with E-state index in [0.29, 0.717) is 6.42 Å². The van der Waals surface area contributed by atoms with Crippen LogP contribution in [-0.2, 0) is 17.8 Å². The van der Waals surface area contributed by atoms with Crippen molar-refractivity contribution < 1.29 is 4.79 Å².